The first-order valence-corrected chi connectivity index (χ1v) is 34.3. The quantitative estimate of drug-likeness (QED) is 0.0858. The van der Waals surface area contributed by atoms with Crippen molar-refractivity contribution in [3.63, 3.8) is 0 Å². The molecule has 2 aromatic heterocycles. The molecule has 0 fully saturated rings. The van der Waals surface area contributed by atoms with Crippen molar-refractivity contribution in [2.24, 2.45) is 14.1 Å². The van der Waals surface area contributed by atoms with E-state index in [1.165, 1.54) is 120 Å². The maximum atomic E-state index is 5.43. The third-order valence-electron chi connectivity index (χ3n) is 19.6. The van der Waals surface area contributed by atoms with Crippen molar-refractivity contribution in [1.29, 1.82) is 0 Å². The largest absolute Gasteiger partial charge is 3.00 e. The molecule has 16 aromatic rings. The molecule has 0 radical (unpaired) electrons. The summed E-state index contributed by atoms with van der Waals surface area (Å²) in [6.45, 7) is 22.2. The van der Waals surface area contributed by atoms with Crippen molar-refractivity contribution >= 4 is 120 Å². The average molecular weight is 1660 g/mol. The van der Waals surface area contributed by atoms with Crippen LogP contribution in [0.25, 0.3) is 131 Å². The van der Waals surface area contributed by atoms with Crippen molar-refractivity contribution in [3.05, 3.63) is 291 Å². The van der Waals surface area contributed by atoms with E-state index in [-0.39, 0.29) is 40.2 Å². The number of hydrogen-bond acceptors (Lipinski definition) is 6. The van der Waals surface area contributed by atoms with Gasteiger partial charge in [-0.2, -0.15) is 74.0 Å². The number of para-hydroxylation sites is 2. The molecule has 0 aliphatic carbocycles. The second kappa shape index (κ2) is 28.5. The summed E-state index contributed by atoms with van der Waals surface area (Å²) >= 11 is 0. The number of rotatable bonds is 8. The Morgan fingerprint density at radius 3 is 1.28 bits per heavy atom. The third kappa shape index (κ3) is 12.5. The van der Waals surface area contributed by atoms with Gasteiger partial charge in [0.1, 0.15) is 11.6 Å². The molecule has 4 heterocycles. The summed E-state index contributed by atoms with van der Waals surface area (Å²) in [6, 6.07) is 86.9. The van der Waals surface area contributed by atoms with Crippen LogP contribution in [0.4, 0.5) is 11.4 Å². The van der Waals surface area contributed by atoms with Gasteiger partial charge < -0.3 is 28.7 Å². The van der Waals surface area contributed by atoms with Gasteiger partial charge in [-0.15, -0.1) is 70.0 Å². The van der Waals surface area contributed by atoms with Gasteiger partial charge in [-0.3, -0.25) is 9.97 Å². The number of hydrogen-bond donors (Lipinski definition) is 0. The first-order chi connectivity index (χ1) is 47.6. The topological polar surface area (TPSA) is 48.6 Å². The molecule has 0 bridgehead atoms. The second-order valence-corrected chi connectivity index (χ2v) is 27.4. The predicted octanol–water partition coefficient (Wildman–Crippen LogP) is 22.9. The van der Waals surface area contributed by atoms with Gasteiger partial charge in [0.25, 0.3) is 0 Å². The molecule has 0 saturated heterocycles. The molecule has 2 aliphatic rings. The first-order valence-electron chi connectivity index (χ1n) is 34.3. The van der Waals surface area contributed by atoms with Crippen LogP contribution < -0.4 is 9.80 Å². The fourth-order valence-corrected chi connectivity index (χ4v) is 14.9. The molecular weight excluding hydrogens is 1580 g/mol. The number of imidazole rings is 2. The van der Waals surface area contributed by atoms with Crippen LogP contribution in [0.1, 0.15) is 101 Å². The Kier molecular flexibility index (Phi) is 19.6. The number of benzene rings is 14. The van der Waals surface area contributed by atoms with Gasteiger partial charge >= 0.3 is 40.2 Å². The first kappa shape index (κ1) is 68.8. The van der Waals surface area contributed by atoms with Gasteiger partial charge in [0.15, 0.2) is 0 Å². The van der Waals surface area contributed by atoms with E-state index in [9.17, 15) is 0 Å². The van der Waals surface area contributed by atoms with E-state index in [0.29, 0.717) is 23.7 Å². The molecule has 0 saturated carbocycles. The molecule has 0 unspecified atom stereocenters. The molecule has 0 spiro atoms. The van der Waals surface area contributed by atoms with Crippen molar-refractivity contribution in [1.82, 2.24) is 28.9 Å². The Labute approximate surface area is 614 Å². The third-order valence-corrected chi connectivity index (χ3v) is 19.6. The molecule has 2 aliphatic heterocycles. The smallest absolute Gasteiger partial charge is 0.510 e. The molecule has 100 heavy (non-hydrogen) atoms. The maximum Gasteiger partial charge on any atom is 3.00 e. The number of aromatic nitrogens is 4. The van der Waals surface area contributed by atoms with Gasteiger partial charge in [-0.1, -0.05) is 175 Å². The molecule has 498 valence electrons. The van der Waals surface area contributed by atoms with E-state index >= 15 is 0 Å². The van der Waals surface area contributed by atoms with E-state index < -0.39 is 0 Å². The fourth-order valence-electron chi connectivity index (χ4n) is 14.9. The van der Waals surface area contributed by atoms with Crippen molar-refractivity contribution in [2.45, 2.75) is 79.1 Å². The van der Waals surface area contributed by atoms with Crippen molar-refractivity contribution in [2.75, 3.05) is 23.9 Å². The normalized spacial score (nSPS) is 13.0. The summed E-state index contributed by atoms with van der Waals surface area (Å²) in [5, 5.41) is 19.9. The molecule has 0 N–H and O–H groups in total. The molecule has 10 heteroatoms. The van der Waals surface area contributed by atoms with Crippen molar-refractivity contribution < 1.29 is 40.2 Å². The zero-order valence-electron chi connectivity index (χ0n) is 58.6. The van der Waals surface area contributed by atoms with E-state index in [0.717, 1.165) is 44.8 Å². The Morgan fingerprint density at radius 1 is 0.330 bits per heavy atom. The number of nitrogens with zero attached hydrogens (tertiary/aromatic N) is 8. The van der Waals surface area contributed by atoms with Gasteiger partial charge in [0, 0.05) is 47.3 Å². The number of anilines is 2. The van der Waals surface area contributed by atoms with E-state index in [1.807, 2.05) is 126 Å². The predicted molar refractivity (Wildman–Crippen MR) is 415 cm³/mol. The summed E-state index contributed by atoms with van der Waals surface area (Å²) in [5.74, 6) is 3.71. The van der Waals surface area contributed by atoms with Crippen LogP contribution in [0.5, 0.6) is 0 Å². The zero-order valence-corrected chi connectivity index (χ0v) is 63.4. The Hall–Kier alpha value is -9.66. The Morgan fingerprint density at radius 2 is 0.780 bits per heavy atom. The van der Waals surface area contributed by atoms with E-state index in [4.69, 9.17) is 9.97 Å². The van der Waals surface area contributed by atoms with Crippen LogP contribution >= 0.6 is 0 Å². The number of fused-ring (bicyclic) bond motifs is 13. The summed E-state index contributed by atoms with van der Waals surface area (Å²) in [5.41, 5.74) is 14.5. The molecule has 8 nitrogen and oxygen atoms in total. The molecule has 0 amide bonds. The maximum absolute atomic E-state index is 5.43. The van der Waals surface area contributed by atoms with Gasteiger partial charge in [0.2, 0.25) is 0 Å². The van der Waals surface area contributed by atoms with Crippen LogP contribution in [0.15, 0.2) is 231 Å². The van der Waals surface area contributed by atoms with Crippen molar-refractivity contribution in [3.8, 4) is 22.8 Å². The summed E-state index contributed by atoms with van der Waals surface area (Å²) in [6.07, 6.45) is 8.01. The second-order valence-electron chi connectivity index (χ2n) is 27.4. The molecule has 0 atom stereocenters. The van der Waals surface area contributed by atoms with Crippen LogP contribution in [-0.2, 0) is 54.3 Å². The Bertz CT molecular complexity index is 5630. The number of aryl methyl sites for hydroxylation is 2. The molecule has 14 aromatic carbocycles. The SMILES string of the molecule is CC(C)c1cccc(C(C)C)c1-c1nc2c3[c-]ccc4ccc5c6ccccc6cc(c5c43)c2n1C.CC(C)c1cccc(C(C)C)c1-c1nc2c3[c-]cccc3c3cc4cc5ccccc5cc4cc3c2n1C.CN1C=CN(c2[c-]cccc2)[CH-]1.CN1C=CN(c2[c-]cccc2)[CH-]1.[Ir+3].[Ir+3]. The Balaban J connectivity index is 0.000000133. The minimum Gasteiger partial charge on any atom is -0.510 e. The molecular formula is C90H80Ir2N8. The molecule has 18 rings (SSSR count). The fraction of sp³-hybridized carbons (Fsp3) is 0.178. The van der Waals surface area contributed by atoms with Crippen LogP contribution in [0.2, 0.25) is 0 Å². The van der Waals surface area contributed by atoms with Gasteiger partial charge in [-0.05, 0) is 163 Å². The minimum atomic E-state index is 0. The zero-order chi connectivity index (χ0) is 67.6. The summed E-state index contributed by atoms with van der Waals surface area (Å²) in [7, 11) is 8.38. The van der Waals surface area contributed by atoms with E-state index in [1.54, 1.807) is 0 Å². The summed E-state index contributed by atoms with van der Waals surface area (Å²) < 4.78 is 4.67. The van der Waals surface area contributed by atoms with Crippen LogP contribution in [-0.4, -0.2) is 43.0 Å². The monoisotopic (exact) mass is 1660 g/mol. The van der Waals surface area contributed by atoms with Crippen LogP contribution in [0, 0.1) is 37.6 Å². The van der Waals surface area contributed by atoms with E-state index in [2.05, 4.69) is 255 Å². The van der Waals surface area contributed by atoms with Gasteiger partial charge in [-0.25, -0.2) is 0 Å². The standard InChI is InChI=1S/C36H31N2.C34H29N2.2C10H10N2.2Ir/c1-21(2)27-15-10-16-28(22(3)4)33(27)36-37-34-30-14-9-8-13-29(30)31-19-25-17-23-11-6-7-12-24(23)18-26(25)20-32(31)35(34)38(36)5;1-19(2)23-13-9-14-24(20(3)4)31(23)34-35-32-27-15-8-11-21-16-17-26-25-12-7-6-10-22(25)18-28(30(26)29(21)27)33(32)36(34)5;2*1-11-7-8-12(9-11)10-5-3-2-4-6-10;;/h6-13,15-22H,1-5H3;6-14,16-20H,1-5H3;2*2-5,7-9H,1H3;;/q2*-1;2*-2;2*+3. The average Bonchev–Trinajstić information content (AvgIpc) is 1.77. The minimum absolute atomic E-state index is 0. The van der Waals surface area contributed by atoms with Crippen LogP contribution in [0.3, 0.4) is 0 Å². The van der Waals surface area contributed by atoms with Gasteiger partial charge in [0.05, 0.1) is 0 Å². The summed E-state index contributed by atoms with van der Waals surface area (Å²) in [4.78, 5) is 18.9.